The van der Waals surface area contributed by atoms with E-state index < -0.39 is 4.92 Å². The normalized spacial score (nSPS) is 10.9. The molecule has 4 rings (SSSR count). The number of nitro groups is 1. The Labute approximate surface area is 170 Å². The van der Waals surface area contributed by atoms with Gasteiger partial charge in [0.1, 0.15) is 11.3 Å². The maximum absolute atomic E-state index is 12.4. The van der Waals surface area contributed by atoms with Gasteiger partial charge < -0.3 is 4.74 Å². The van der Waals surface area contributed by atoms with Crippen molar-refractivity contribution in [3.8, 4) is 5.75 Å². The highest BCUT2D eigenvalue weighted by molar-refractivity contribution is 7.23. The highest BCUT2D eigenvalue weighted by atomic mass is 35.5. The minimum absolute atomic E-state index is 0.0179. The van der Waals surface area contributed by atoms with Gasteiger partial charge in [-0.25, -0.2) is 4.98 Å². The van der Waals surface area contributed by atoms with Crippen LogP contribution < -0.4 is 15.6 Å². The molecule has 11 heteroatoms. The van der Waals surface area contributed by atoms with E-state index in [0.717, 1.165) is 9.40 Å². The number of rotatable bonds is 5. The Kier molecular flexibility index (Phi) is 4.75. The summed E-state index contributed by atoms with van der Waals surface area (Å²) in [6, 6.07) is 9.55. The summed E-state index contributed by atoms with van der Waals surface area (Å²) in [5, 5.41) is 12.5. The number of ether oxygens (including phenoxy) is 1. The molecule has 0 saturated heterocycles. The van der Waals surface area contributed by atoms with E-state index in [9.17, 15) is 14.9 Å². The van der Waals surface area contributed by atoms with Crippen LogP contribution in [0.5, 0.6) is 5.75 Å². The van der Waals surface area contributed by atoms with Gasteiger partial charge in [-0.15, -0.1) is 11.3 Å². The third-order valence-electron chi connectivity index (χ3n) is 3.90. The zero-order chi connectivity index (χ0) is 19.8. The molecule has 0 unspecified atom stereocenters. The number of nitrogens with zero attached hydrogens (tertiary/aromatic N) is 2. The lowest BCUT2D eigenvalue weighted by Crippen LogP contribution is -2.28. The second-order valence-corrected chi connectivity index (χ2v) is 8.11. The van der Waals surface area contributed by atoms with E-state index in [2.05, 4.69) is 15.8 Å². The van der Waals surface area contributed by atoms with Gasteiger partial charge in [0.2, 0.25) is 5.13 Å². The second kappa shape index (κ2) is 7.23. The van der Waals surface area contributed by atoms with Crippen molar-refractivity contribution in [3.05, 3.63) is 56.4 Å². The van der Waals surface area contributed by atoms with Crippen LogP contribution >= 0.6 is 34.3 Å². The summed E-state index contributed by atoms with van der Waals surface area (Å²) in [5.41, 5.74) is 5.94. The molecule has 0 radical (unpaired) electrons. The van der Waals surface area contributed by atoms with Gasteiger partial charge in [0.05, 0.1) is 26.6 Å². The molecule has 0 spiro atoms. The first-order valence-electron chi connectivity index (χ1n) is 7.83. The number of methoxy groups -OCH3 is 1. The number of thiazole rings is 1. The van der Waals surface area contributed by atoms with Crippen LogP contribution in [0.4, 0.5) is 10.8 Å². The van der Waals surface area contributed by atoms with Crippen molar-refractivity contribution in [2.24, 2.45) is 0 Å². The Hall–Kier alpha value is -2.95. The summed E-state index contributed by atoms with van der Waals surface area (Å²) < 4.78 is 6.80. The molecule has 2 aromatic heterocycles. The number of nitro benzene ring substituents is 1. The summed E-state index contributed by atoms with van der Waals surface area (Å²) in [4.78, 5) is 27.7. The maximum Gasteiger partial charge on any atom is 0.279 e. The zero-order valence-electron chi connectivity index (χ0n) is 14.2. The number of aromatic nitrogens is 1. The van der Waals surface area contributed by atoms with Crippen LogP contribution in [0.3, 0.4) is 0 Å². The number of carbonyl (C=O) groups is 1. The molecule has 28 heavy (non-hydrogen) atoms. The summed E-state index contributed by atoms with van der Waals surface area (Å²) >= 11 is 8.71. The van der Waals surface area contributed by atoms with Crippen molar-refractivity contribution in [2.45, 2.75) is 0 Å². The van der Waals surface area contributed by atoms with E-state index in [4.69, 9.17) is 16.3 Å². The fourth-order valence-corrected chi connectivity index (χ4v) is 4.65. The second-order valence-electron chi connectivity index (χ2n) is 5.62. The Morgan fingerprint density at radius 3 is 2.82 bits per heavy atom. The van der Waals surface area contributed by atoms with Crippen LogP contribution in [0.2, 0.25) is 5.02 Å². The van der Waals surface area contributed by atoms with Gasteiger partial charge >= 0.3 is 0 Å². The fraction of sp³-hybridized carbons (Fsp3) is 0.0588. The predicted octanol–water partition coefficient (Wildman–Crippen LogP) is 4.84. The van der Waals surface area contributed by atoms with Crippen molar-refractivity contribution in [3.63, 3.8) is 0 Å². The summed E-state index contributed by atoms with van der Waals surface area (Å²) in [5.74, 6) is 0.210. The van der Waals surface area contributed by atoms with Gasteiger partial charge in [-0.3, -0.25) is 25.8 Å². The van der Waals surface area contributed by atoms with Crippen LogP contribution in [-0.4, -0.2) is 22.9 Å². The van der Waals surface area contributed by atoms with E-state index in [0.29, 0.717) is 31.7 Å². The standard InChI is InChI=1S/C17H11ClN4O4S2/c1-26-11-4-3-10(18)15-14(11)19-17(28-15)21-20-16(23)13-7-8-6-9(22(24)25)2-5-12(8)27-13/h2-7H,1H3,(H,19,21)(H,20,23). The number of hydrazine groups is 1. The van der Waals surface area contributed by atoms with Gasteiger partial charge in [-0.05, 0) is 24.3 Å². The van der Waals surface area contributed by atoms with Crippen molar-refractivity contribution in [1.29, 1.82) is 0 Å². The van der Waals surface area contributed by atoms with E-state index in [1.165, 1.54) is 34.8 Å². The molecule has 1 amide bonds. The Morgan fingerprint density at radius 1 is 1.25 bits per heavy atom. The van der Waals surface area contributed by atoms with Gasteiger partial charge in [0.15, 0.2) is 0 Å². The van der Waals surface area contributed by atoms with Crippen LogP contribution in [0.25, 0.3) is 20.3 Å². The molecule has 2 aromatic carbocycles. The van der Waals surface area contributed by atoms with Gasteiger partial charge in [0, 0.05) is 22.2 Å². The summed E-state index contributed by atoms with van der Waals surface area (Å²) in [7, 11) is 1.54. The van der Waals surface area contributed by atoms with Gasteiger partial charge in [0.25, 0.3) is 11.6 Å². The predicted molar refractivity (Wildman–Crippen MR) is 111 cm³/mol. The number of non-ortho nitro benzene ring substituents is 1. The number of anilines is 1. The molecule has 0 aliphatic heterocycles. The molecule has 4 aromatic rings. The Morgan fingerprint density at radius 2 is 2.07 bits per heavy atom. The third kappa shape index (κ3) is 3.33. The highest BCUT2D eigenvalue weighted by Gasteiger charge is 2.15. The Balaban J connectivity index is 1.54. The Bertz CT molecular complexity index is 1240. The van der Waals surface area contributed by atoms with E-state index in [-0.39, 0.29) is 11.6 Å². The minimum atomic E-state index is -0.467. The van der Waals surface area contributed by atoms with Gasteiger partial charge in [-0.1, -0.05) is 22.9 Å². The first-order valence-corrected chi connectivity index (χ1v) is 9.84. The van der Waals surface area contributed by atoms with Crippen LogP contribution in [0.1, 0.15) is 9.67 Å². The fourth-order valence-electron chi connectivity index (χ4n) is 2.60. The smallest absolute Gasteiger partial charge is 0.279 e. The quantitative estimate of drug-likeness (QED) is 0.344. The van der Waals surface area contributed by atoms with Crippen LogP contribution in [-0.2, 0) is 0 Å². The first kappa shape index (κ1) is 18.4. The van der Waals surface area contributed by atoms with Gasteiger partial charge in [-0.2, -0.15) is 0 Å². The van der Waals surface area contributed by atoms with E-state index in [1.54, 1.807) is 31.4 Å². The third-order valence-corrected chi connectivity index (χ3v) is 6.44. The van der Waals surface area contributed by atoms with Crippen LogP contribution in [0, 0.1) is 10.1 Å². The number of benzene rings is 2. The molecular weight excluding hydrogens is 424 g/mol. The molecule has 0 bridgehead atoms. The summed E-state index contributed by atoms with van der Waals surface area (Å²) in [6.45, 7) is 0. The van der Waals surface area contributed by atoms with Crippen molar-refractivity contribution in [2.75, 3.05) is 12.5 Å². The number of amides is 1. The zero-order valence-corrected chi connectivity index (χ0v) is 16.6. The molecule has 0 aliphatic rings. The topological polar surface area (TPSA) is 106 Å². The lowest BCUT2D eigenvalue weighted by atomic mass is 10.2. The average molecular weight is 435 g/mol. The monoisotopic (exact) mass is 434 g/mol. The SMILES string of the molecule is COc1ccc(Cl)c2sc(NNC(=O)c3cc4cc([N+](=O)[O-])ccc4s3)nc12. The molecular formula is C17H11ClN4O4S2. The minimum Gasteiger partial charge on any atom is -0.494 e. The molecule has 0 aliphatic carbocycles. The molecule has 2 N–H and O–H groups in total. The largest absolute Gasteiger partial charge is 0.494 e. The molecule has 2 heterocycles. The molecule has 0 fully saturated rings. The number of hydrogen-bond donors (Lipinski definition) is 2. The first-order chi connectivity index (χ1) is 13.5. The number of thiophene rings is 1. The highest BCUT2D eigenvalue weighted by Crippen LogP contribution is 2.37. The van der Waals surface area contributed by atoms with E-state index >= 15 is 0 Å². The van der Waals surface area contributed by atoms with Crippen LogP contribution in [0.15, 0.2) is 36.4 Å². The number of hydrogen-bond acceptors (Lipinski definition) is 8. The molecule has 8 nitrogen and oxygen atoms in total. The van der Waals surface area contributed by atoms with E-state index in [1.807, 2.05) is 0 Å². The number of fused-ring (bicyclic) bond motifs is 2. The maximum atomic E-state index is 12.4. The summed E-state index contributed by atoms with van der Waals surface area (Å²) in [6.07, 6.45) is 0. The molecule has 142 valence electrons. The molecule has 0 saturated carbocycles. The molecule has 0 atom stereocenters. The number of carbonyl (C=O) groups excluding carboxylic acids is 1. The van der Waals surface area contributed by atoms with Crippen molar-refractivity contribution in [1.82, 2.24) is 10.4 Å². The lowest BCUT2D eigenvalue weighted by Gasteiger charge is -2.03. The van der Waals surface area contributed by atoms with Crippen molar-refractivity contribution >= 4 is 71.3 Å². The lowest BCUT2D eigenvalue weighted by molar-refractivity contribution is -0.384. The number of halogens is 1. The average Bonchev–Trinajstić information content (AvgIpc) is 3.30. The van der Waals surface area contributed by atoms with Crippen molar-refractivity contribution < 1.29 is 14.5 Å². The number of nitrogens with one attached hydrogen (secondary N) is 2.